The van der Waals surface area contributed by atoms with Gasteiger partial charge in [-0.25, -0.2) is 0 Å². The minimum absolute atomic E-state index is 0.0810. The Morgan fingerprint density at radius 2 is 0.971 bits per heavy atom. The van der Waals surface area contributed by atoms with Gasteiger partial charge in [0.25, 0.3) is 0 Å². The molecule has 202 valence electrons. The van der Waals surface area contributed by atoms with Crippen molar-refractivity contribution in [2.24, 2.45) is 0 Å². The predicted molar refractivity (Wildman–Crippen MR) is 144 cm³/mol. The lowest BCUT2D eigenvalue weighted by molar-refractivity contribution is -0.150. The second-order valence-electron chi connectivity index (χ2n) is 10.1. The van der Waals surface area contributed by atoms with Crippen LogP contribution in [0.2, 0.25) is 0 Å². The number of carbonyl (C=O) groups excluding carboxylic acids is 2. The molecule has 0 aliphatic rings. The highest BCUT2D eigenvalue weighted by Crippen LogP contribution is 2.14. The lowest BCUT2D eigenvalue weighted by Crippen LogP contribution is -2.18. The van der Waals surface area contributed by atoms with Crippen LogP contribution in [0.1, 0.15) is 168 Å². The first-order chi connectivity index (χ1) is 16.6. The second-order valence-corrected chi connectivity index (χ2v) is 10.1. The van der Waals surface area contributed by atoms with E-state index in [0.29, 0.717) is 19.4 Å². The second kappa shape index (κ2) is 26.5. The molecule has 0 aromatic carbocycles. The van der Waals surface area contributed by atoms with Crippen molar-refractivity contribution < 1.29 is 19.1 Å². The summed E-state index contributed by atoms with van der Waals surface area (Å²) in [5.41, 5.74) is 0. The highest BCUT2D eigenvalue weighted by Gasteiger charge is 2.13. The van der Waals surface area contributed by atoms with Gasteiger partial charge in [-0.3, -0.25) is 9.59 Å². The number of unbranched alkanes of at least 4 members (excludes halogenated alkanes) is 15. The highest BCUT2D eigenvalue weighted by molar-refractivity contribution is 5.70. The summed E-state index contributed by atoms with van der Waals surface area (Å²) in [5, 5.41) is 0. The summed E-state index contributed by atoms with van der Waals surface area (Å²) in [6, 6.07) is 0. The van der Waals surface area contributed by atoms with E-state index in [2.05, 4.69) is 20.8 Å². The Labute approximate surface area is 212 Å². The van der Waals surface area contributed by atoms with Gasteiger partial charge in [-0.15, -0.1) is 0 Å². The minimum atomic E-state index is -0.0934. The minimum Gasteiger partial charge on any atom is -0.466 e. The van der Waals surface area contributed by atoms with Gasteiger partial charge in [0.2, 0.25) is 0 Å². The SMILES string of the molecule is CCCCCCCCCCCCCCCOC(=O)CCCCCC(=O)OC(CCC)CCCC. The smallest absolute Gasteiger partial charge is 0.306 e. The van der Waals surface area contributed by atoms with Crippen molar-refractivity contribution in [2.75, 3.05) is 6.61 Å². The molecule has 0 heterocycles. The maximum Gasteiger partial charge on any atom is 0.306 e. The number of carbonyl (C=O) groups is 2. The average Bonchev–Trinajstić information content (AvgIpc) is 2.82. The molecule has 0 saturated carbocycles. The molecule has 0 radical (unpaired) electrons. The zero-order chi connectivity index (χ0) is 25.1. The Hall–Kier alpha value is -1.06. The van der Waals surface area contributed by atoms with Crippen molar-refractivity contribution in [1.29, 1.82) is 0 Å². The number of ether oxygens (including phenoxy) is 2. The molecule has 0 aliphatic heterocycles. The molecule has 0 aromatic heterocycles. The van der Waals surface area contributed by atoms with Gasteiger partial charge in [0.15, 0.2) is 0 Å². The van der Waals surface area contributed by atoms with Crippen LogP contribution in [0, 0.1) is 0 Å². The van der Waals surface area contributed by atoms with Crippen molar-refractivity contribution in [3.8, 4) is 0 Å². The summed E-state index contributed by atoms with van der Waals surface area (Å²) in [5.74, 6) is -0.177. The van der Waals surface area contributed by atoms with E-state index in [1.807, 2.05) is 0 Å². The monoisotopic (exact) mass is 482 g/mol. The summed E-state index contributed by atoms with van der Waals surface area (Å²) in [4.78, 5) is 23.9. The number of hydrogen-bond acceptors (Lipinski definition) is 4. The van der Waals surface area contributed by atoms with Gasteiger partial charge in [-0.2, -0.15) is 0 Å². The molecular weight excluding hydrogens is 424 g/mol. The molecule has 0 saturated heterocycles. The maximum atomic E-state index is 12.0. The lowest BCUT2D eigenvalue weighted by atomic mass is 10.0. The number of hydrogen-bond donors (Lipinski definition) is 0. The zero-order valence-electron chi connectivity index (χ0n) is 23.2. The molecule has 0 bridgehead atoms. The van der Waals surface area contributed by atoms with Crippen LogP contribution in [0.5, 0.6) is 0 Å². The Morgan fingerprint density at radius 3 is 1.50 bits per heavy atom. The van der Waals surface area contributed by atoms with E-state index >= 15 is 0 Å². The molecule has 0 amide bonds. The van der Waals surface area contributed by atoms with Crippen LogP contribution in [0.15, 0.2) is 0 Å². The Bertz CT molecular complexity index is 449. The summed E-state index contributed by atoms with van der Waals surface area (Å²) in [7, 11) is 0. The van der Waals surface area contributed by atoms with Crippen molar-refractivity contribution >= 4 is 11.9 Å². The topological polar surface area (TPSA) is 52.6 Å². The summed E-state index contributed by atoms with van der Waals surface area (Å²) in [6.45, 7) is 7.12. The summed E-state index contributed by atoms with van der Waals surface area (Å²) >= 11 is 0. The van der Waals surface area contributed by atoms with Crippen molar-refractivity contribution in [2.45, 2.75) is 175 Å². The van der Waals surface area contributed by atoms with E-state index in [-0.39, 0.29) is 18.0 Å². The molecule has 0 fully saturated rings. The Balaban J connectivity index is 3.43. The van der Waals surface area contributed by atoms with Crippen LogP contribution in [-0.2, 0) is 19.1 Å². The fraction of sp³-hybridized carbons (Fsp3) is 0.933. The van der Waals surface area contributed by atoms with E-state index in [9.17, 15) is 9.59 Å². The maximum absolute atomic E-state index is 12.0. The van der Waals surface area contributed by atoms with Gasteiger partial charge in [-0.1, -0.05) is 124 Å². The van der Waals surface area contributed by atoms with Crippen molar-refractivity contribution in [1.82, 2.24) is 0 Å². The molecule has 4 heteroatoms. The third-order valence-electron chi connectivity index (χ3n) is 6.56. The fourth-order valence-corrected chi connectivity index (χ4v) is 4.35. The standard InChI is InChI=1S/C30H58O4/c1-4-7-9-10-11-12-13-14-15-16-17-18-22-27-33-29(31)25-20-19-21-26-30(32)34-28(23-6-3)24-8-5-2/h28H,4-27H2,1-3H3. The Kier molecular flexibility index (Phi) is 25.7. The molecule has 4 nitrogen and oxygen atoms in total. The van der Waals surface area contributed by atoms with E-state index < -0.39 is 0 Å². The third-order valence-corrected chi connectivity index (χ3v) is 6.56. The third kappa shape index (κ3) is 24.1. The van der Waals surface area contributed by atoms with Crippen LogP contribution >= 0.6 is 0 Å². The first kappa shape index (κ1) is 32.9. The normalized spacial score (nSPS) is 12.0. The predicted octanol–water partition coefficient (Wildman–Crippen LogP) is 9.47. The van der Waals surface area contributed by atoms with E-state index in [4.69, 9.17) is 9.47 Å². The molecule has 1 unspecified atom stereocenters. The van der Waals surface area contributed by atoms with Crippen LogP contribution in [0.4, 0.5) is 0 Å². The van der Waals surface area contributed by atoms with E-state index in [0.717, 1.165) is 64.2 Å². The Morgan fingerprint density at radius 1 is 0.500 bits per heavy atom. The first-order valence-electron chi connectivity index (χ1n) is 15.0. The molecule has 0 aliphatic carbocycles. The fourth-order valence-electron chi connectivity index (χ4n) is 4.35. The van der Waals surface area contributed by atoms with Crippen LogP contribution < -0.4 is 0 Å². The molecule has 0 rings (SSSR count). The van der Waals surface area contributed by atoms with E-state index in [1.165, 1.54) is 70.6 Å². The van der Waals surface area contributed by atoms with Gasteiger partial charge in [0.1, 0.15) is 6.10 Å². The number of esters is 2. The van der Waals surface area contributed by atoms with Crippen LogP contribution in [0.3, 0.4) is 0 Å². The molecule has 0 aromatic rings. The van der Waals surface area contributed by atoms with Gasteiger partial charge < -0.3 is 9.47 Å². The first-order valence-corrected chi connectivity index (χ1v) is 15.0. The highest BCUT2D eigenvalue weighted by atomic mass is 16.5. The van der Waals surface area contributed by atoms with Crippen LogP contribution in [-0.4, -0.2) is 24.6 Å². The van der Waals surface area contributed by atoms with Crippen molar-refractivity contribution in [3.63, 3.8) is 0 Å². The van der Waals surface area contributed by atoms with Gasteiger partial charge in [0.05, 0.1) is 6.61 Å². The lowest BCUT2D eigenvalue weighted by Gasteiger charge is -2.17. The van der Waals surface area contributed by atoms with Crippen molar-refractivity contribution in [3.05, 3.63) is 0 Å². The molecule has 34 heavy (non-hydrogen) atoms. The zero-order valence-corrected chi connectivity index (χ0v) is 23.2. The quantitative estimate of drug-likeness (QED) is 0.0909. The van der Waals surface area contributed by atoms with Gasteiger partial charge >= 0.3 is 11.9 Å². The van der Waals surface area contributed by atoms with Crippen LogP contribution in [0.25, 0.3) is 0 Å². The molecule has 1 atom stereocenters. The summed E-state index contributed by atoms with van der Waals surface area (Å²) < 4.78 is 11.0. The molecule has 0 spiro atoms. The molecule has 0 N–H and O–H groups in total. The number of rotatable bonds is 26. The largest absolute Gasteiger partial charge is 0.466 e. The van der Waals surface area contributed by atoms with Gasteiger partial charge in [0, 0.05) is 12.8 Å². The summed E-state index contributed by atoms with van der Waals surface area (Å²) in [6.07, 6.45) is 25.9. The average molecular weight is 483 g/mol. The van der Waals surface area contributed by atoms with Gasteiger partial charge in [-0.05, 0) is 32.1 Å². The van der Waals surface area contributed by atoms with E-state index in [1.54, 1.807) is 0 Å². The molecular formula is C30H58O4.